The van der Waals surface area contributed by atoms with E-state index >= 15 is 0 Å². The van der Waals surface area contributed by atoms with Crippen molar-refractivity contribution >= 4 is 85.3 Å². The zero-order chi connectivity index (χ0) is 20.8. The zero-order valence-electron chi connectivity index (χ0n) is 15.6. The van der Waals surface area contributed by atoms with Crippen LogP contribution in [0.25, 0.3) is 43.8 Å². The van der Waals surface area contributed by atoms with E-state index in [1.165, 1.54) is 21.5 Å². The smallest absolute Gasteiger partial charge is 0.0265 e. The van der Waals surface area contributed by atoms with Crippen LogP contribution in [0.15, 0.2) is 103 Å². The average molecular weight is 646 g/mol. The Morgan fingerprint density at radius 3 is 1.03 bits per heavy atom. The minimum atomic E-state index is 1.05. The molecule has 0 aromatic heterocycles. The van der Waals surface area contributed by atoms with E-state index in [1.807, 2.05) is 0 Å². The van der Waals surface area contributed by atoms with E-state index < -0.39 is 0 Å². The van der Waals surface area contributed by atoms with E-state index in [-0.39, 0.29) is 0 Å². The Kier molecular flexibility index (Phi) is 5.61. The molecule has 0 aliphatic heterocycles. The van der Waals surface area contributed by atoms with Gasteiger partial charge in [0.1, 0.15) is 0 Å². The summed E-state index contributed by atoms with van der Waals surface area (Å²) in [5, 5.41) is 4.88. The summed E-state index contributed by atoms with van der Waals surface area (Å²) in [4.78, 5) is 0. The van der Waals surface area contributed by atoms with Crippen molar-refractivity contribution in [1.29, 1.82) is 0 Å². The van der Waals surface area contributed by atoms with E-state index in [0.717, 1.165) is 40.1 Å². The molecule has 0 nitrogen and oxygen atoms in total. The largest absolute Gasteiger partial charge is 0.0616 e. The normalized spacial score (nSPS) is 11.3. The Bertz CT molecular complexity index is 1330. The van der Waals surface area contributed by atoms with E-state index in [1.54, 1.807) is 0 Å². The highest BCUT2D eigenvalue weighted by Crippen LogP contribution is 2.43. The molecule has 0 saturated carbocycles. The molecule has 30 heavy (non-hydrogen) atoms. The number of hydrogen-bond donors (Lipinski definition) is 0. The number of benzene rings is 5. The lowest BCUT2D eigenvalue weighted by Crippen LogP contribution is -1.89. The van der Waals surface area contributed by atoms with Gasteiger partial charge in [-0.25, -0.2) is 0 Å². The molecular weight excluding hydrogens is 632 g/mol. The number of hydrogen-bond acceptors (Lipinski definition) is 0. The van der Waals surface area contributed by atoms with Gasteiger partial charge in [-0.1, -0.05) is 112 Å². The Morgan fingerprint density at radius 2 is 0.633 bits per heavy atom. The van der Waals surface area contributed by atoms with Crippen LogP contribution < -0.4 is 0 Å². The van der Waals surface area contributed by atoms with Gasteiger partial charge in [-0.3, -0.25) is 0 Å². The van der Waals surface area contributed by atoms with E-state index in [9.17, 15) is 0 Å². The van der Waals surface area contributed by atoms with E-state index in [4.69, 9.17) is 0 Å². The number of fused-ring (bicyclic) bond motifs is 2. The summed E-state index contributed by atoms with van der Waals surface area (Å²) >= 11 is 15.2. The summed E-state index contributed by atoms with van der Waals surface area (Å²) in [6.07, 6.45) is 0. The highest BCUT2D eigenvalue weighted by atomic mass is 79.9. The van der Waals surface area contributed by atoms with Crippen LogP contribution >= 0.6 is 63.7 Å². The molecule has 0 heterocycles. The number of rotatable bonds is 2. The topological polar surface area (TPSA) is 0 Å². The molecule has 5 aromatic carbocycles. The lowest BCUT2D eigenvalue weighted by Gasteiger charge is -2.15. The molecule has 0 saturated heterocycles. The third-order valence-electron chi connectivity index (χ3n) is 5.31. The summed E-state index contributed by atoms with van der Waals surface area (Å²) in [6, 6.07) is 30.1. The zero-order valence-corrected chi connectivity index (χ0v) is 21.9. The van der Waals surface area contributed by atoms with Gasteiger partial charge in [0.05, 0.1) is 0 Å². The second-order valence-corrected chi connectivity index (χ2v) is 10.6. The van der Waals surface area contributed by atoms with Gasteiger partial charge < -0.3 is 0 Å². The number of halogens is 4. The molecular formula is C26H14Br4. The van der Waals surface area contributed by atoms with Crippen molar-refractivity contribution in [2.75, 3.05) is 0 Å². The third kappa shape index (κ3) is 3.69. The first-order chi connectivity index (χ1) is 14.5. The van der Waals surface area contributed by atoms with Gasteiger partial charge >= 0.3 is 0 Å². The lowest BCUT2D eigenvalue weighted by atomic mass is 9.96. The first-order valence-corrected chi connectivity index (χ1v) is 12.5. The first-order valence-electron chi connectivity index (χ1n) is 9.37. The predicted octanol–water partition coefficient (Wildman–Crippen LogP) is 10.4. The minimum Gasteiger partial charge on any atom is -0.0616 e. The molecule has 0 aliphatic rings. The lowest BCUT2D eigenvalue weighted by molar-refractivity contribution is 1.53. The maximum absolute atomic E-state index is 3.79. The Labute approximate surface area is 208 Å². The summed E-state index contributed by atoms with van der Waals surface area (Å²) in [5.74, 6) is 0. The SMILES string of the molecule is Brc1cc(Br)c(-c2cc3ccccc3cc2Br)cc1-c1cc2ccccc2cc1Br. The second kappa shape index (κ2) is 8.23. The summed E-state index contributed by atoms with van der Waals surface area (Å²) in [5.41, 5.74) is 4.61. The molecule has 5 aromatic rings. The minimum absolute atomic E-state index is 1.05. The molecule has 0 radical (unpaired) electrons. The van der Waals surface area contributed by atoms with Gasteiger partial charge in [0.15, 0.2) is 0 Å². The molecule has 0 bridgehead atoms. The van der Waals surface area contributed by atoms with Gasteiger partial charge in [0.2, 0.25) is 0 Å². The molecule has 0 atom stereocenters. The van der Waals surface area contributed by atoms with Crippen LogP contribution in [0, 0.1) is 0 Å². The summed E-state index contributed by atoms with van der Waals surface area (Å²) in [6.45, 7) is 0. The van der Waals surface area contributed by atoms with Gasteiger partial charge in [-0.15, -0.1) is 0 Å². The van der Waals surface area contributed by atoms with Gasteiger partial charge in [-0.2, -0.15) is 0 Å². The van der Waals surface area contributed by atoms with Crippen LogP contribution in [0.2, 0.25) is 0 Å². The maximum Gasteiger partial charge on any atom is 0.0265 e. The van der Waals surface area contributed by atoms with Crippen LogP contribution in [0.3, 0.4) is 0 Å². The standard InChI is InChI=1S/C26H14Br4/c27-23-11-17-7-3-1-5-15(17)9-19(23)21-13-22(26(30)14-25(21)29)20-10-16-6-2-4-8-18(16)12-24(20)28/h1-14H. The third-order valence-corrected chi connectivity index (χ3v) is 7.93. The first kappa shape index (κ1) is 20.4. The second-order valence-electron chi connectivity index (χ2n) is 7.17. The average Bonchev–Trinajstić information content (AvgIpc) is 2.73. The van der Waals surface area contributed by atoms with Crippen molar-refractivity contribution in [3.05, 3.63) is 103 Å². The van der Waals surface area contributed by atoms with Crippen molar-refractivity contribution in [2.24, 2.45) is 0 Å². The summed E-state index contributed by atoms with van der Waals surface area (Å²) < 4.78 is 4.25. The maximum atomic E-state index is 3.79. The van der Waals surface area contributed by atoms with Crippen molar-refractivity contribution in [1.82, 2.24) is 0 Å². The fourth-order valence-electron chi connectivity index (χ4n) is 3.80. The Hall–Kier alpha value is -1.46. The highest BCUT2D eigenvalue weighted by molar-refractivity contribution is 9.11. The van der Waals surface area contributed by atoms with Gasteiger partial charge in [0, 0.05) is 17.9 Å². The van der Waals surface area contributed by atoms with Crippen molar-refractivity contribution in [3.63, 3.8) is 0 Å². The molecule has 0 unspecified atom stereocenters. The van der Waals surface area contributed by atoms with Crippen LogP contribution in [-0.4, -0.2) is 0 Å². The quantitative estimate of drug-likeness (QED) is 0.179. The van der Waals surface area contributed by atoms with Crippen molar-refractivity contribution < 1.29 is 0 Å². The fourth-order valence-corrected chi connectivity index (χ4v) is 6.37. The molecule has 0 amide bonds. The van der Waals surface area contributed by atoms with Crippen molar-refractivity contribution in [3.8, 4) is 22.3 Å². The molecule has 5 rings (SSSR count). The van der Waals surface area contributed by atoms with Crippen molar-refractivity contribution in [2.45, 2.75) is 0 Å². The molecule has 4 heteroatoms. The van der Waals surface area contributed by atoms with Gasteiger partial charge in [0.25, 0.3) is 0 Å². The predicted molar refractivity (Wildman–Crippen MR) is 143 cm³/mol. The molecule has 0 spiro atoms. The van der Waals surface area contributed by atoms with E-state index in [2.05, 4.69) is 149 Å². The van der Waals surface area contributed by atoms with Gasteiger partial charge in [-0.05, 0) is 80.2 Å². The fraction of sp³-hybridized carbons (Fsp3) is 0. The van der Waals surface area contributed by atoms with Crippen LogP contribution in [0.4, 0.5) is 0 Å². The Balaban J connectivity index is 1.75. The summed E-state index contributed by atoms with van der Waals surface area (Å²) in [7, 11) is 0. The van der Waals surface area contributed by atoms with Crippen LogP contribution in [0.1, 0.15) is 0 Å². The molecule has 146 valence electrons. The van der Waals surface area contributed by atoms with Crippen LogP contribution in [-0.2, 0) is 0 Å². The molecule has 0 aliphatic carbocycles. The Morgan fingerprint density at radius 1 is 0.333 bits per heavy atom. The van der Waals surface area contributed by atoms with Crippen LogP contribution in [0.5, 0.6) is 0 Å². The molecule has 0 N–H and O–H groups in total. The molecule has 0 fully saturated rings. The monoisotopic (exact) mass is 642 g/mol. The van der Waals surface area contributed by atoms with E-state index in [0.29, 0.717) is 0 Å². The highest BCUT2D eigenvalue weighted by Gasteiger charge is 2.15.